The minimum absolute atomic E-state index is 0.288. The first-order valence-corrected chi connectivity index (χ1v) is 6.94. The van der Waals surface area contributed by atoms with Crippen molar-refractivity contribution < 1.29 is 17.9 Å². The van der Waals surface area contributed by atoms with E-state index in [-0.39, 0.29) is 12.0 Å². The number of rotatable bonds is 4. The fourth-order valence-electron chi connectivity index (χ4n) is 1.67. The first-order chi connectivity index (χ1) is 7.36. The Morgan fingerprint density at radius 2 is 2.06 bits per heavy atom. The monoisotopic (exact) mass is 246 g/mol. The highest BCUT2D eigenvalue weighted by Gasteiger charge is 2.28. The molecule has 5 heteroatoms. The van der Waals surface area contributed by atoms with Crippen molar-refractivity contribution >= 4 is 9.84 Å². The molecule has 0 amide bonds. The molecule has 0 fully saturated rings. The van der Waals surface area contributed by atoms with Gasteiger partial charge in [0.2, 0.25) is 0 Å². The van der Waals surface area contributed by atoms with Gasteiger partial charge < -0.3 is 5.11 Å². The van der Waals surface area contributed by atoms with E-state index in [0.717, 1.165) is 12.3 Å². The van der Waals surface area contributed by atoms with Crippen LogP contribution < -0.4 is 0 Å². The maximum Gasteiger partial charge on any atom is 0.153 e. The molecule has 90 valence electrons. The molecule has 0 aliphatic heterocycles. The Labute approximate surface area is 94.8 Å². The Bertz CT molecular complexity index is 456. The molecule has 16 heavy (non-hydrogen) atoms. The van der Waals surface area contributed by atoms with E-state index in [1.54, 1.807) is 6.92 Å². The quantitative estimate of drug-likeness (QED) is 0.879. The molecule has 0 saturated heterocycles. The van der Waals surface area contributed by atoms with Crippen LogP contribution in [-0.2, 0) is 9.84 Å². The summed E-state index contributed by atoms with van der Waals surface area (Å²) in [5.41, 5.74) is 0.289. The Balaban J connectivity index is 3.05. The lowest BCUT2D eigenvalue weighted by atomic mass is 10.1. The van der Waals surface area contributed by atoms with Crippen molar-refractivity contribution in [3.63, 3.8) is 0 Å². The molecule has 0 heterocycles. The zero-order valence-corrected chi connectivity index (χ0v) is 10.0. The number of halogens is 1. The summed E-state index contributed by atoms with van der Waals surface area (Å²) in [4.78, 5) is 0. The maximum atomic E-state index is 12.9. The number of benzene rings is 1. The predicted octanol–water partition coefficient (Wildman–Crippen LogP) is 1.68. The second-order valence-corrected chi connectivity index (χ2v) is 6.04. The van der Waals surface area contributed by atoms with Crippen LogP contribution in [0, 0.1) is 5.82 Å². The van der Waals surface area contributed by atoms with Crippen LogP contribution in [-0.4, -0.2) is 25.0 Å². The molecule has 1 aromatic rings. The van der Waals surface area contributed by atoms with Crippen LogP contribution >= 0.6 is 0 Å². The molecular weight excluding hydrogens is 231 g/mol. The van der Waals surface area contributed by atoms with Gasteiger partial charge >= 0.3 is 0 Å². The van der Waals surface area contributed by atoms with E-state index < -0.39 is 27.0 Å². The van der Waals surface area contributed by atoms with Crippen molar-refractivity contribution in [2.24, 2.45) is 0 Å². The van der Waals surface area contributed by atoms with E-state index in [1.807, 2.05) is 0 Å². The lowest BCUT2D eigenvalue weighted by Crippen LogP contribution is -2.26. The Morgan fingerprint density at radius 3 is 2.50 bits per heavy atom. The van der Waals surface area contributed by atoms with Crippen molar-refractivity contribution in [2.75, 3.05) is 6.26 Å². The molecule has 0 unspecified atom stereocenters. The standard InChI is InChI=1S/C11H15FO3S/c1-3-10(16(2,14)15)11(13)8-5-4-6-9(12)7-8/h4-7,10-11,13H,3H2,1-2H3/t10-,11+/m0/s1. The summed E-state index contributed by atoms with van der Waals surface area (Å²) >= 11 is 0. The number of hydrogen-bond donors (Lipinski definition) is 1. The van der Waals surface area contributed by atoms with Gasteiger partial charge in [0.05, 0.1) is 11.4 Å². The minimum Gasteiger partial charge on any atom is -0.387 e. The molecular formula is C11H15FO3S. The second-order valence-electron chi connectivity index (χ2n) is 3.78. The molecule has 0 aliphatic rings. The SMILES string of the molecule is CC[C@@H]([C@H](O)c1cccc(F)c1)S(C)(=O)=O. The van der Waals surface area contributed by atoms with Crippen molar-refractivity contribution in [3.05, 3.63) is 35.6 Å². The van der Waals surface area contributed by atoms with E-state index in [1.165, 1.54) is 18.2 Å². The van der Waals surface area contributed by atoms with Gasteiger partial charge in [-0.2, -0.15) is 0 Å². The average Bonchev–Trinajstić information content (AvgIpc) is 2.16. The summed E-state index contributed by atoms with van der Waals surface area (Å²) in [5, 5.41) is 9.00. The molecule has 0 spiro atoms. The van der Waals surface area contributed by atoms with Crippen LogP contribution in [0.2, 0.25) is 0 Å². The highest BCUT2D eigenvalue weighted by molar-refractivity contribution is 7.91. The third-order valence-corrected chi connectivity index (χ3v) is 4.19. The van der Waals surface area contributed by atoms with Gasteiger partial charge in [0.15, 0.2) is 9.84 Å². The van der Waals surface area contributed by atoms with Crippen LogP contribution in [0.15, 0.2) is 24.3 Å². The van der Waals surface area contributed by atoms with Gasteiger partial charge in [-0.1, -0.05) is 19.1 Å². The molecule has 1 aromatic carbocycles. The van der Waals surface area contributed by atoms with Crippen LogP contribution in [0.5, 0.6) is 0 Å². The van der Waals surface area contributed by atoms with E-state index in [9.17, 15) is 17.9 Å². The lowest BCUT2D eigenvalue weighted by Gasteiger charge is -2.20. The van der Waals surface area contributed by atoms with Gasteiger partial charge in [0.25, 0.3) is 0 Å². The molecule has 1 rings (SSSR count). The Morgan fingerprint density at radius 1 is 1.44 bits per heavy atom. The number of sulfone groups is 1. The van der Waals surface area contributed by atoms with Gasteiger partial charge in [-0.15, -0.1) is 0 Å². The molecule has 0 aromatic heterocycles. The van der Waals surface area contributed by atoms with E-state index in [2.05, 4.69) is 0 Å². The second kappa shape index (κ2) is 4.93. The average molecular weight is 246 g/mol. The topological polar surface area (TPSA) is 54.4 Å². The van der Waals surface area contributed by atoms with Gasteiger partial charge in [0, 0.05) is 6.26 Å². The summed E-state index contributed by atoms with van der Waals surface area (Å²) in [6.45, 7) is 1.67. The van der Waals surface area contributed by atoms with Gasteiger partial charge in [-0.25, -0.2) is 12.8 Å². The summed E-state index contributed by atoms with van der Waals surface area (Å²) < 4.78 is 35.7. The van der Waals surface area contributed by atoms with Crippen molar-refractivity contribution in [3.8, 4) is 0 Å². The number of hydrogen-bond acceptors (Lipinski definition) is 3. The largest absolute Gasteiger partial charge is 0.387 e. The van der Waals surface area contributed by atoms with Crippen LogP contribution in [0.4, 0.5) is 4.39 Å². The van der Waals surface area contributed by atoms with Crippen LogP contribution in [0.1, 0.15) is 25.0 Å². The zero-order chi connectivity index (χ0) is 12.3. The third-order valence-electron chi connectivity index (χ3n) is 2.49. The highest BCUT2D eigenvalue weighted by atomic mass is 32.2. The van der Waals surface area contributed by atoms with Crippen molar-refractivity contribution in [2.45, 2.75) is 24.7 Å². The normalized spacial score (nSPS) is 15.8. The van der Waals surface area contributed by atoms with E-state index >= 15 is 0 Å². The zero-order valence-electron chi connectivity index (χ0n) is 9.22. The smallest absolute Gasteiger partial charge is 0.153 e. The van der Waals surface area contributed by atoms with Crippen LogP contribution in [0.25, 0.3) is 0 Å². The lowest BCUT2D eigenvalue weighted by molar-refractivity contribution is 0.169. The number of aliphatic hydroxyl groups is 1. The first-order valence-electron chi connectivity index (χ1n) is 4.98. The van der Waals surface area contributed by atoms with Gasteiger partial charge in [0.1, 0.15) is 5.82 Å². The Hall–Kier alpha value is -0.940. The molecule has 1 N–H and O–H groups in total. The number of aliphatic hydroxyl groups excluding tert-OH is 1. The molecule has 3 nitrogen and oxygen atoms in total. The Kier molecular flexibility index (Phi) is 4.04. The molecule has 0 bridgehead atoms. The van der Waals surface area contributed by atoms with Gasteiger partial charge in [-0.05, 0) is 24.1 Å². The van der Waals surface area contributed by atoms with Gasteiger partial charge in [-0.3, -0.25) is 0 Å². The summed E-state index contributed by atoms with van der Waals surface area (Å²) in [6, 6.07) is 5.36. The summed E-state index contributed by atoms with van der Waals surface area (Å²) in [5.74, 6) is -0.486. The molecule has 2 atom stereocenters. The first kappa shape index (κ1) is 13.1. The van der Waals surface area contributed by atoms with Crippen molar-refractivity contribution in [1.29, 1.82) is 0 Å². The maximum absolute atomic E-state index is 12.9. The molecule has 0 saturated carbocycles. The third kappa shape index (κ3) is 3.02. The van der Waals surface area contributed by atoms with Crippen molar-refractivity contribution in [1.82, 2.24) is 0 Å². The predicted molar refractivity (Wildman–Crippen MR) is 60.3 cm³/mol. The highest BCUT2D eigenvalue weighted by Crippen LogP contribution is 2.24. The van der Waals surface area contributed by atoms with Crippen LogP contribution in [0.3, 0.4) is 0 Å². The molecule has 0 aliphatic carbocycles. The fourth-order valence-corrected chi connectivity index (χ4v) is 2.90. The summed E-state index contributed by atoms with van der Waals surface area (Å²) in [7, 11) is -3.35. The minimum atomic E-state index is -3.35. The fraction of sp³-hybridized carbons (Fsp3) is 0.455. The molecule has 0 radical (unpaired) electrons. The van der Waals surface area contributed by atoms with E-state index in [0.29, 0.717) is 0 Å². The summed E-state index contributed by atoms with van der Waals surface area (Å²) in [6.07, 6.45) is 0.177. The van der Waals surface area contributed by atoms with E-state index in [4.69, 9.17) is 0 Å².